The van der Waals surface area contributed by atoms with Gasteiger partial charge >= 0.3 is 0 Å². The van der Waals surface area contributed by atoms with E-state index in [1.165, 1.54) is 18.5 Å². The van der Waals surface area contributed by atoms with Gasteiger partial charge in [0.1, 0.15) is 12.4 Å². The number of nitrogen functional groups attached to an aromatic ring is 1. The summed E-state index contributed by atoms with van der Waals surface area (Å²) in [4.78, 5) is 11.8. The van der Waals surface area contributed by atoms with Crippen LogP contribution in [0.5, 0.6) is 0 Å². The average molecular weight is 288 g/mol. The Labute approximate surface area is 123 Å². The molecule has 1 amide bonds. The summed E-state index contributed by atoms with van der Waals surface area (Å²) in [5.41, 5.74) is 7.64. The van der Waals surface area contributed by atoms with Crippen LogP contribution in [-0.2, 0) is 17.9 Å². The van der Waals surface area contributed by atoms with Crippen molar-refractivity contribution in [1.82, 2.24) is 24.9 Å². The molecule has 0 saturated heterocycles. The van der Waals surface area contributed by atoms with E-state index in [0.29, 0.717) is 24.8 Å². The van der Waals surface area contributed by atoms with Crippen molar-refractivity contribution in [1.29, 1.82) is 0 Å². The van der Waals surface area contributed by atoms with E-state index in [0.717, 1.165) is 5.69 Å². The Kier molecular flexibility index (Phi) is 3.64. The van der Waals surface area contributed by atoms with Crippen LogP contribution in [0, 0.1) is 6.92 Å². The summed E-state index contributed by atoms with van der Waals surface area (Å²) in [5.74, 6) is 1.02. The summed E-state index contributed by atoms with van der Waals surface area (Å²) in [6, 6.07) is 3.81. The minimum absolute atomic E-state index is 0.0734. The number of rotatable bonds is 6. The first-order valence-electron chi connectivity index (χ1n) is 7.22. The van der Waals surface area contributed by atoms with Gasteiger partial charge in [0, 0.05) is 30.4 Å². The van der Waals surface area contributed by atoms with Gasteiger partial charge in [-0.2, -0.15) is 10.2 Å². The van der Waals surface area contributed by atoms with Crippen LogP contribution in [0.25, 0.3) is 0 Å². The Morgan fingerprint density at radius 2 is 2.29 bits per heavy atom. The molecule has 3 rings (SSSR count). The summed E-state index contributed by atoms with van der Waals surface area (Å²) >= 11 is 0. The lowest BCUT2D eigenvalue weighted by atomic mass is 10.3. The molecule has 0 spiro atoms. The molecule has 7 heteroatoms. The number of nitrogens with zero attached hydrogens (tertiary/aromatic N) is 4. The standard InChI is InChI=1S/C14H20N6O/c1-10-8-13(15)18-20(10)9-14(21)16-5-7-19-6-4-12(17-19)11-2-3-11/h4,6,8,11H,2-3,5,7,9H2,1H3,(H2,15,18)(H,16,21). The SMILES string of the molecule is Cc1cc(N)nn1CC(=O)NCCn1ccc(C2CC2)n1. The van der Waals surface area contributed by atoms with Gasteiger partial charge in [-0.1, -0.05) is 0 Å². The molecular formula is C14H20N6O. The number of nitrogens with two attached hydrogens (primary N) is 1. The maximum Gasteiger partial charge on any atom is 0.241 e. The zero-order valence-electron chi connectivity index (χ0n) is 12.1. The minimum atomic E-state index is -0.0734. The Morgan fingerprint density at radius 1 is 1.48 bits per heavy atom. The molecule has 2 aromatic heterocycles. The van der Waals surface area contributed by atoms with Gasteiger partial charge in [0.2, 0.25) is 5.91 Å². The van der Waals surface area contributed by atoms with E-state index in [4.69, 9.17) is 5.73 Å². The van der Waals surface area contributed by atoms with E-state index in [-0.39, 0.29) is 12.5 Å². The number of carbonyl (C=O) groups is 1. The van der Waals surface area contributed by atoms with Crippen molar-refractivity contribution < 1.29 is 4.79 Å². The first-order chi connectivity index (χ1) is 10.1. The van der Waals surface area contributed by atoms with Crippen molar-refractivity contribution in [2.75, 3.05) is 12.3 Å². The Bertz CT molecular complexity index is 640. The van der Waals surface area contributed by atoms with Crippen LogP contribution in [-0.4, -0.2) is 32.0 Å². The molecule has 1 saturated carbocycles. The third-order valence-corrected chi connectivity index (χ3v) is 3.61. The lowest BCUT2D eigenvalue weighted by Crippen LogP contribution is -2.31. The van der Waals surface area contributed by atoms with E-state index in [1.807, 2.05) is 17.8 Å². The van der Waals surface area contributed by atoms with Crippen molar-refractivity contribution in [3.8, 4) is 0 Å². The van der Waals surface area contributed by atoms with Gasteiger partial charge in [-0.15, -0.1) is 0 Å². The summed E-state index contributed by atoms with van der Waals surface area (Å²) in [5, 5.41) is 11.4. The molecule has 7 nitrogen and oxygen atoms in total. The Balaban J connectivity index is 1.43. The van der Waals surface area contributed by atoms with Crippen LogP contribution in [0.4, 0.5) is 5.82 Å². The van der Waals surface area contributed by atoms with Gasteiger partial charge in [-0.3, -0.25) is 14.2 Å². The molecule has 1 fully saturated rings. The smallest absolute Gasteiger partial charge is 0.241 e. The molecule has 0 aromatic carbocycles. The quantitative estimate of drug-likeness (QED) is 0.817. The minimum Gasteiger partial charge on any atom is -0.382 e. The molecule has 0 bridgehead atoms. The maximum absolute atomic E-state index is 11.8. The van der Waals surface area contributed by atoms with Crippen molar-refractivity contribution >= 4 is 11.7 Å². The number of aromatic nitrogens is 4. The third kappa shape index (κ3) is 3.42. The Morgan fingerprint density at radius 3 is 2.95 bits per heavy atom. The monoisotopic (exact) mass is 288 g/mol. The van der Waals surface area contributed by atoms with Crippen molar-refractivity contribution in [3.63, 3.8) is 0 Å². The largest absolute Gasteiger partial charge is 0.382 e. The molecule has 0 atom stereocenters. The molecule has 21 heavy (non-hydrogen) atoms. The lowest BCUT2D eigenvalue weighted by molar-refractivity contribution is -0.121. The molecule has 0 unspecified atom stereocenters. The van der Waals surface area contributed by atoms with Crippen LogP contribution in [0.1, 0.15) is 30.1 Å². The molecule has 2 heterocycles. The fraction of sp³-hybridized carbons (Fsp3) is 0.500. The summed E-state index contributed by atoms with van der Waals surface area (Å²) < 4.78 is 3.48. The fourth-order valence-corrected chi connectivity index (χ4v) is 2.30. The highest BCUT2D eigenvalue weighted by Crippen LogP contribution is 2.38. The molecule has 0 radical (unpaired) electrons. The van der Waals surface area contributed by atoms with E-state index >= 15 is 0 Å². The first-order valence-corrected chi connectivity index (χ1v) is 7.22. The van der Waals surface area contributed by atoms with E-state index in [2.05, 4.69) is 21.6 Å². The molecular weight excluding hydrogens is 268 g/mol. The number of nitrogens with one attached hydrogen (secondary N) is 1. The highest BCUT2D eigenvalue weighted by atomic mass is 16.2. The summed E-state index contributed by atoms with van der Waals surface area (Å²) in [7, 11) is 0. The summed E-state index contributed by atoms with van der Waals surface area (Å²) in [6.45, 7) is 3.30. The predicted octanol–water partition coefficient (Wildman–Crippen LogP) is 0.664. The van der Waals surface area contributed by atoms with Gasteiger partial charge in [0.25, 0.3) is 0 Å². The molecule has 112 valence electrons. The van der Waals surface area contributed by atoms with E-state index < -0.39 is 0 Å². The van der Waals surface area contributed by atoms with Crippen LogP contribution in [0.2, 0.25) is 0 Å². The molecule has 3 N–H and O–H groups in total. The molecule has 2 aromatic rings. The molecule has 1 aliphatic rings. The van der Waals surface area contributed by atoms with Gasteiger partial charge in [0.15, 0.2) is 0 Å². The average Bonchev–Trinajstić information content (AvgIpc) is 3.09. The zero-order valence-corrected chi connectivity index (χ0v) is 12.1. The van der Waals surface area contributed by atoms with Crippen LogP contribution in [0.15, 0.2) is 18.3 Å². The molecule has 0 aliphatic heterocycles. The third-order valence-electron chi connectivity index (χ3n) is 3.61. The van der Waals surface area contributed by atoms with Gasteiger partial charge in [-0.05, 0) is 25.8 Å². The second-order valence-corrected chi connectivity index (χ2v) is 5.50. The topological polar surface area (TPSA) is 90.8 Å². The highest BCUT2D eigenvalue weighted by molar-refractivity contribution is 5.75. The van der Waals surface area contributed by atoms with Crippen molar-refractivity contribution in [3.05, 3.63) is 29.7 Å². The van der Waals surface area contributed by atoms with Crippen molar-refractivity contribution in [2.24, 2.45) is 0 Å². The zero-order chi connectivity index (χ0) is 14.8. The molecule has 1 aliphatic carbocycles. The second-order valence-electron chi connectivity index (χ2n) is 5.50. The first kappa shape index (κ1) is 13.7. The number of anilines is 1. The fourth-order valence-electron chi connectivity index (χ4n) is 2.30. The summed E-state index contributed by atoms with van der Waals surface area (Å²) in [6.07, 6.45) is 4.47. The van der Waals surface area contributed by atoms with Crippen LogP contribution >= 0.6 is 0 Å². The van der Waals surface area contributed by atoms with Crippen LogP contribution in [0.3, 0.4) is 0 Å². The van der Waals surface area contributed by atoms with Crippen LogP contribution < -0.4 is 11.1 Å². The van der Waals surface area contributed by atoms with Gasteiger partial charge < -0.3 is 11.1 Å². The number of amides is 1. The Hall–Kier alpha value is -2.31. The number of hydrogen-bond acceptors (Lipinski definition) is 4. The van der Waals surface area contributed by atoms with E-state index in [9.17, 15) is 4.79 Å². The second kappa shape index (κ2) is 5.59. The number of hydrogen-bond donors (Lipinski definition) is 2. The lowest BCUT2D eigenvalue weighted by Gasteiger charge is -2.07. The normalized spacial score (nSPS) is 14.3. The van der Waals surface area contributed by atoms with Gasteiger partial charge in [0.05, 0.1) is 12.2 Å². The highest BCUT2D eigenvalue weighted by Gasteiger charge is 2.25. The van der Waals surface area contributed by atoms with Crippen molar-refractivity contribution in [2.45, 2.75) is 38.8 Å². The maximum atomic E-state index is 11.8. The number of aryl methyl sites for hydroxylation is 1. The predicted molar refractivity (Wildman–Crippen MR) is 78.6 cm³/mol. The van der Waals surface area contributed by atoms with E-state index in [1.54, 1.807) is 10.7 Å². The number of carbonyl (C=O) groups excluding carboxylic acids is 1. The van der Waals surface area contributed by atoms with Gasteiger partial charge in [-0.25, -0.2) is 0 Å².